The van der Waals surface area contributed by atoms with Crippen molar-refractivity contribution < 1.29 is 4.79 Å². The number of amides is 1. The number of rotatable bonds is 4. The molecule has 0 unspecified atom stereocenters. The second-order valence-corrected chi connectivity index (χ2v) is 4.58. The first-order valence-electron chi connectivity index (χ1n) is 6.13. The number of carbonyl (C=O) groups is 1. The third kappa shape index (κ3) is 2.16. The molecule has 0 saturated heterocycles. The summed E-state index contributed by atoms with van der Waals surface area (Å²) in [6, 6.07) is 7.84. The number of nitrogens with one attached hydrogen (secondary N) is 1. The highest BCUT2D eigenvalue weighted by Gasteiger charge is 2.19. The number of fused-ring (bicyclic) bond motifs is 1. The van der Waals surface area contributed by atoms with Crippen molar-refractivity contribution in [3.63, 3.8) is 0 Å². The maximum Gasteiger partial charge on any atom is 0.255 e. The zero-order chi connectivity index (χ0) is 13.1. The van der Waals surface area contributed by atoms with Crippen LogP contribution in [0.5, 0.6) is 0 Å². The Balaban J connectivity index is 2.43. The van der Waals surface area contributed by atoms with Crippen molar-refractivity contribution in [3.05, 3.63) is 48.7 Å². The predicted octanol–water partition coefficient (Wildman–Crippen LogP) is 3.20. The highest BCUT2D eigenvalue weighted by atomic mass is 16.2. The van der Waals surface area contributed by atoms with Crippen LogP contribution < -0.4 is 0 Å². The first kappa shape index (κ1) is 12.4. The fourth-order valence-electron chi connectivity index (χ4n) is 2.09. The lowest BCUT2D eigenvalue weighted by Gasteiger charge is -2.25. The topological polar surface area (TPSA) is 36.1 Å². The lowest BCUT2D eigenvalue weighted by Crippen LogP contribution is -2.37. The summed E-state index contributed by atoms with van der Waals surface area (Å²) in [5, 5.41) is 0.970. The smallest absolute Gasteiger partial charge is 0.255 e. The number of hydrogen-bond donors (Lipinski definition) is 1. The maximum atomic E-state index is 12.6. The molecular formula is C15H18N2O. The Morgan fingerprint density at radius 3 is 2.89 bits per heavy atom. The van der Waals surface area contributed by atoms with Crippen LogP contribution >= 0.6 is 0 Å². The number of H-pyrrole nitrogens is 1. The van der Waals surface area contributed by atoms with Crippen LogP contribution in [0.2, 0.25) is 0 Å². The highest BCUT2D eigenvalue weighted by Crippen LogP contribution is 2.19. The molecule has 0 radical (unpaired) electrons. The van der Waals surface area contributed by atoms with Crippen molar-refractivity contribution in [2.75, 3.05) is 6.54 Å². The summed E-state index contributed by atoms with van der Waals surface area (Å²) in [6.07, 6.45) is 3.61. The molecule has 1 aromatic heterocycles. The Kier molecular flexibility index (Phi) is 3.51. The third-order valence-corrected chi connectivity index (χ3v) is 3.04. The van der Waals surface area contributed by atoms with Crippen molar-refractivity contribution >= 4 is 16.8 Å². The standard InChI is InChI=1S/C15H18N2O/c1-4-10-17(11(2)3)15(18)13-6-5-7-14-12(13)8-9-16-14/h4-9,11,16H,1,10H2,2-3H3. The average molecular weight is 242 g/mol. The van der Waals surface area contributed by atoms with Crippen molar-refractivity contribution in [1.82, 2.24) is 9.88 Å². The number of aromatic nitrogens is 1. The Morgan fingerprint density at radius 1 is 1.44 bits per heavy atom. The summed E-state index contributed by atoms with van der Waals surface area (Å²) in [5.41, 5.74) is 1.73. The van der Waals surface area contributed by atoms with Crippen LogP contribution in [0.25, 0.3) is 10.9 Å². The molecule has 0 bridgehead atoms. The van der Waals surface area contributed by atoms with Gasteiger partial charge < -0.3 is 9.88 Å². The number of benzene rings is 1. The molecule has 0 spiro atoms. The molecule has 2 rings (SSSR count). The lowest BCUT2D eigenvalue weighted by atomic mass is 10.1. The Bertz CT molecular complexity index is 569. The number of nitrogens with zero attached hydrogens (tertiary/aromatic N) is 1. The quantitative estimate of drug-likeness (QED) is 0.821. The van der Waals surface area contributed by atoms with Gasteiger partial charge in [-0.05, 0) is 32.0 Å². The molecule has 0 aliphatic carbocycles. The van der Waals surface area contributed by atoms with E-state index in [1.165, 1.54) is 0 Å². The molecule has 0 aliphatic heterocycles. The molecule has 3 nitrogen and oxygen atoms in total. The molecule has 1 aromatic carbocycles. The molecule has 0 atom stereocenters. The molecule has 3 heteroatoms. The first-order valence-corrected chi connectivity index (χ1v) is 6.13. The van der Waals surface area contributed by atoms with Gasteiger partial charge >= 0.3 is 0 Å². The monoisotopic (exact) mass is 242 g/mol. The van der Waals surface area contributed by atoms with E-state index in [9.17, 15) is 4.79 Å². The van der Waals surface area contributed by atoms with Crippen LogP contribution in [0, 0.1) is 0 Å². The number of carbonyl (C=O) groups excluding carboxylic acids is 1. The van der Waals surface area contributed by atoms with Gasteiger partial charge in [0.1, 0.15) is 0 Å². The van der Waals surface area contributed by atoms with Crippen LogP contribution in [-0.4, -0.2) is 28.4 Å². The van der Waals surface area contributed by atoms with Crippen LogP contribution in [0.15, 0.2) is 43.1 Å². The summed E-state index contributed by atoms with van der Waals surface area (Å²) in [4.78, 5) is 17.5. The van der Waals surface area contributed by atoms with Gasteiger partial charge in [-0.15, -0.1) is 6.58 Å². The second-order valence-electron chi connectivity index (χ2n) is 4.58. The van der Waals surface area contributed by atoms with Crippen molar-refractivity contribution in [2.24, 2.45) is 0 Å². The van der Waals surface area contributed by atoms with E-state index < -0.39 is 0 Å². The molecule has 1 amide bonds. The number of hydrogen-bond acceptors (Lipinski definition) is 1. The summed E-state index contributed by atoms with van der Waals surface area (Å²) < 4.78 is 0. The minimum absolute atomic E-state index is 0.0510. The van der Waals surface area contributed by atoms with E-state index in [-0.39, 0.29) is 11.9 Å². The van der Waals surface area contributed by atoms with Crippen molar-refractivity contribution in [3.8, 4) is 0 Å². The van der Waals surface area contributed by atoms with E-state index in [1.54, 1.807) is 6.08 Å². The molecular weight excluding hydrogens is 224 g/mol. The van der Waals surface area contributed by atoms with Gasteiger partial charge in [-0.1, -0.05) is 12.1 Å². The van der Waals surface area contributed by atoms with Gasteiger partial charge in [-0.3, -0.25) is 4.79 Å². The van der Waals surface area contributed by atoms with E-state index in [1.807, 2.05) is 49.2 Å². The molecule has 0 saturated carbocycles. The molecule has 18 heavy (non-hydrogen) atoms. The van der Waals surface area contributed by atoms with Crippen LogP contribution in [0.3, 0.4) is 0 Å². The SMILES string of the molecule is C=CCN(C(=O)c1cccc2[nH]ccc12)C(C)C. The van der Waals surface area contributed by atoms with E-state index in [2.05, 4.69) is 11.6 Å². The largest absolute Gasteiger partial charge is 0.361 e. The van der Waals surface area contributed by atoms with E-state index >= 15 is 0 Å². The zero-order valence-electron chi connectivity index (χ0n) is 10.8. The van der Waals surface area contributed by atoms with Crippen LogP contribution in [0.1, 0.15) is 24.2 Å². The number of aromatic amines is 1. The molecule has 0 fully saturated rings. The molecule has 0 aliphatic rings. The summed E-state index contributed by atoms with van der Waals surface area (Å²) in [7, 11) is 0. The fourth-order valence-corrected chi connectivity index (χ4v) is 2.09. The first-order chi connectivity index (χ1) is 8.65. The predicted molar refractivity (Wildman–Crippen MR) is 74.7 cm³/mol. The minimum Gasteiger partial charge on any atom is -0.361 e. The van der Waals surface area contributed by atoms with Gasteiger partial charge in [0.2, 0.25) is 0 Å². The normalized spacial score (nSPS) is 10.8. The minimum atomic E-state index is 0.0510. The van der Waals surface area contributed by atoms with Gasteiger partial charge in [0, 0.05) is 35.2 Å². The zero-order valence-corrected chi connectivity index (χ0v) is 10.8. The Labute approximate surface area is 107 Å². The molecule has 2 aromatic rings. The van der Waals surface area contributed by atoms with Gasteiger partial charge in [-0.2, -0.15) is 0 Å². The van der Waals surface area contributed by atoms with Crippen LogP contribution in [0.4, 0.5) is 0 Å². The van der Waals surface area contributed by atoms with E-state index in [4.69, 9.17) is 0 Å². The summed E-state index contributed by atoms with van der Waals surface area (Å²) >= 11 is 0. The van der Waals surface area contributed by atoms with Crippen molar-refractivity contribution in [1.29, 1.82) is 0 Å². The Morgan fingerprint density at radius 2 is 2.22 bits per heavy atom. The maximum absolute atomic E-state index is 12.6. The summed E-state index contributed by atoms with van der Waals surface area (Å²) in [6.45, 7) is 8.30. The molecule has 1 heterocycles. The Hall–Kier alpha value is -2.03. The fraction of sp³-hybridized carbons (Fsp3) is 0.267. The highest BCUT2D eigenvalue weighted by molar-refractivity contribution is 6.06. The molecule has 1 N–H and O–H groups in total. The lowest BCUT2D eigenvalue weighted by molar-refractivity contribution is 0.0731. The van der Waals surface area contributed by atoms with Crippen molar-refractivity contribution in [2.45, 2.75) is 19.9 Å². The van der Waals surface area contributed by atoms with E-state index in [0.29, 0.717) is 6.54 Å². The second kappa shape index (κ2) is 5.08. The molecule has 94 valence electrons. The average Bonchev–Trinajstić information content (AvgIpc) is 2.82. The van der Waals surface area contributed by atoms with E-state index in [0.717, 1.165) is 16.5 Å². The third-order valence-electron chi connectivity index (χ3n) is 3.04. The summed E-state index contributed by atoms with van der Waals surface area (Å²) in [5.74, 6) is 0.0510. The van der Waals surface area contributed by atoms with Crippen LogP contribution in [-0.2, 0) is 0 Å². The van der Waals surface area contributed by atoms with Gasteiger partial charge in [0.25, 0.3) is 5.91 Å². The van der Waals surface area contributed by atoms with Gasteiger partial charge in [-0.25, -0.2) is 0 Å². The van der Waals surface area contributed by atoms with Gasteiger partial charge in [0.05, 0.1) is 0 Å². The van der Waals surface area contributed by atoms with Gasteiger partial charge in [0.15, 0.2) is 0 Å².